The monoisotopic (exact) mass is 505 g/mol. The number of hydrogen-bond donors (Lipinski definition) is 2. The van der Waals surface area contributed by atoms with E-state index in [1.54, 1.807) is 29.2 Å². The summed E-state index contributed by atoms with van der Waals surface area (Å²) in [5.74, 6) is -1.76. The molecule has 0 aliphatic carbocycles. The van der Waals surface area contributed by atoms with Gasteiger partial charge in [0.25, 0.3) is 0 Å². The van der Waals surface area contributed by atoms with Crippen molar-refractivity contribution in [2.24, 2.45) is 0 Å². The third-order valence-corrected chi connectivity index (χ3v) is 6.60. The maximum absolute atomic E-state index is 14.4. The van der Waals surface area contributed by atoms with Gasteiger partial charge in [0.05, 0.1) is 12.6 Å². The molecular weight excluding hydrogens is 483 g/mol. The summed E-state index contributed by atoms with van der Waals surface area (Å²) in [6.45, 7) is -0.720. The van der Waals surface area contributed by atoms with Gasteiger partial charge in [-0.25, -0.2) is 0 Å². The molecule has 37 heavy (non-hydrogen) atoms. The van der Waals surface area contributed by atoms with Gasteiger partial charge in [0.15, 0.2) is 0 Å². The maximum Gasteiger partial charge on any atom is 0.573 e. The molecule has 1 aliphatic heterocycles. The standard InChI is InChI=1S/C29H22F3NO4/c30-29(31,32)37-21-15-16-23(25(35)17-21)28(18-34)22-13-7-8-14-24(22)33(27(28)36)26(19-9-3-1-4-10-19)20-11-5-2-6-12-20/h1-17,26,34-35H,18H2. The van der Waals surface area contributed by atoms with Crippen LogP contribution in [0.1, 0.15) is 28.3 Å². The van der Waals surface area contributed by atoms with Crippen LogP contribution in [0, 0.1) is 0 Å². The summed E-state index contributed by atoms with van der Waals surface area (Å²) < 4.78 is 42.1. The minimum Gasteiger partial charge on any atom is -0.507 e. The van der Waals surface area contributed by atoms with Crippen LogP contribution in [0.5, 0.6) is 11.5 Å². The number of rotatable bonds is 6. The molecule has 8 heteroatoms. The predicted octanol–water partition coefficient (Wildman–Crippen LogP) is 5.71. The third-order valence-electron chi connectivity index (χ3n) is 6.60. The molecular formula is C29H22F3NO4. The van der Waals surface area contributed by atoms with E-state index in [4.69, 9.17) is 0 Å². The number of para-hydroxylation sites is 1. The Bertz CT molecular complexity index is 1390. The Morgan fingerprint density at radius 3 is 1.92 bits per heavy atom. The first-order valence-corrected chi connectivity index (χ1v) is 11.5. The number of aliphatic hydroxyl groups is 1. The highest BCUT2D eigenvalue weighted by Crippen LogP contribution is 2.52. The van der Waals surface area contributed by atoms with Crippen LogP contribution in [0.25, 0.3) is 0 Å². The molecule has 0 saturated heterocycles. The number of nitrogens with zero attached hydrogens (tertiary/aromatic N) is 1. The van der Waals surface area contributed by atoms with Crippen molar-refractivity contribution < 1.29 is 32.9 Å². The number of aromatic hydroxyl groups is 1. The van der Waals surface area contributed by atoms with Crippen molar-refractivity contribution in [2.45, 2.75) is 17.8 Å². The number of amides is 1. The van der Waals surface area contributed by atoms with E-state index in [0.29, 0.717) is 11.3 Å². The maximum atomic E-state index is 14.4. The van der Waals surface area contributed by atoms with E-state index in [1.807, 2.05) is 60.7 Å². The lowest BCUT2D eigenvalue weighted by Crippen LogP contribution is -2.45. The van der Waals surface area contributed by atoms with E-state index in [2.05, 4.69) is 4.74 Å². The van der Waals surface area contributed by atoms with Gasteiger partial charge in [-0.1, -0.05) is 84.9 Å². The number of benzene rings is 4. The number of ether oxygens (including phenoxy) is 1. The summed E-state index contributed by atoms with van der Waals surface area (Å²) in [7, 11) is 0. The Morgan fingerprint density at radius 1 is 0.811 bits per heavy atom. The number of fused-ring (bicyclic) bond motifs is 1. The third kappa shape index (κ3) is 4.19. The molecule has 1 amide bonds. The lowest BCUT2D eigenvalue weighted by atomic mass is 9.75. The second-order valence-electron chi connectivity index (χ2n) is 8.71. The molecule has 1 aliphatic rings. The molecule has 1 atom stereocenters. The number of aliphatic hydroxyl groups excluding tert-OH is 1. The lowest BCUT2D eigenvalue weighted by Gasteiger charge is -2.33. The number of halogens is 3. The van der Waals surface area contributed by atoms with Crippen molar-refractivity contribution in [3.8, 4) is 11.5 Å². The van der Waals surface area contributed by atoms with Crippen LogP contribution < -0.4 is 9.64 Å². The molecule has 0 bridgehead atoms. The van der Waals surface area contributed by atoms with E-state index >= 15 is 0 Å². The zero-order chi connectivity index (χ0) is 26.2. The van der Waals surface area contributed by atoms with Crippen LogP contribution in [-0.4, -0.2) is 29.1 Å². The van der Waals surface area contributed by atoms with Gasteiger partial charge in [-0.3, -0.25) is 9.69 Å². The van der Waals surface area contributed by atoms with Crippen LogP contribution in [0.15, 0.2) is 103 Å². The van der Waals surface area contributed by atoms with Crippen LogP contribution in [0.4, 0.5) is 18.9 Å². The van der Waals surface area contributed by atoms with E-state index < -0.39 is 41.8 Å². The number of phenols is 1. The van der Waals surface area contributed by atoms with Gasteiger partial charge in [-0.2, -0.15) is 0 Å². The largest absolute Gasteiger partial charge is 0.573 e. The molecule has 1 heterocycles. The molecule has 4 aromatic rings. The fraction of sp³-hybridized carbons (Fsp3) is 0.138. The second kappa shape index (κ2) is 9.29. The van der Waals surface area contributed by atoms with E-state index in [9.17, 15) is 28.2 Å². The van der Waals surface area contributed by atoms with Crippen molar-refractivity contribution in [3.63, 3.8) is 0 Å². The molecule has 2 N–H and O–H groups in total. The number of carbonyl (C=O) groups is 1. The number of hydrogen-bond acceptors (Lipinski definition) is 4. The summed E-state index contributed by atoms with van der Waals surface area (Å²) in [4.78, 5) is 16.0. The molecule has 4 aromatic carbocycles. The first-order chi connectivity index (χ1) is 17.8. The predicted molar refractivity (Wildman–Crippen MR) is 131 cm³/mol. The molecule has 5 rings (SSSR count). The molecule has 188 valence electrons. The zero-order valence-electron chi connectivity index (χ0n) is 19.4. The van der Waals surface area contributed by atoms with Gasteiger partial charge in [0, 0.05) is 17.3 Å². The topological polar surface area (TPSA) is 70.0 Å². The Kier molecular flexibility index (Phi) is 6.13. The minimum atomic E-state index is -4.95. The number of anilines is 1. The average Bonchev–Trinajstić information content (AvgIpc) is 3.13. The Balaban J connectivity index is 1.70. The van der Waals surface area contributed by atoms with Gasteiger partial charge in [0.1, 0.15) is 16.9 Å². The lowest BCUT2D eigenvalue weighted by molar-refractivity contribution is -0.274. The smallest absolute Gasteiger partial charge is 0.507 e. The second-order valence-corrected chi connectivity index (χ2v) is 8.71. The van der Waals surface area contributed by atoms with E-state index in [0.717, 1.165) is 23.3 Å². The molecule has 0 saturated carbocycles. The van der Waals surface area contributed by atoms with Gasteiger partial charge in [0.2, 0.25) is 5.91 Å². The highest BCUT2D eigenvalue weighted by Gasteiger charge is 2.55. The number of alkyl halides is 3. The average molecular weight is 505 g/mol. The van der Waals surface area contributed by atoms with Gasteiger partial charge in [-0.05, 0) is 28.8 Å². The normalized spacial score (nSPS) is 17.2. The summed E-state index contributed by atoms with van der Waals surface area (Å²) in [5.41, 5.74) is 0.824. The van der Waals surface area contributed by atoms with Gasteiger partial charge >= 0.3 is 6.36 Å². The van der Waals surface area contributed by atoms with Crippen LogP contribution >= 0.6 is 0 Å². The summed E-state index contributed by atoms with van der Waals surface area (Å²) >= 11 is 0. The van der Waals surface area contributed by atoms with Crippen molar-refractivity contribution in [1.82, 2.24) is 0 Å². The molecule has 0 aromatic heterocycles. The SMILES string of the molecule is O=C1N(C(c2ccccc2)c2ccccc2)c2ccccc2C1(CO)c1ccc(OC(F)(F)F)cc1O. The fourth-order valence-corrected chi connectivity index (χ4v) is 5.06. The summed E-state index contributed by atoms with van der Waals surface area (Å²) in [6, 6.07) is 28.1. The first-order valence-electron chi connectivity index (χ1n) is 11.5. The summed E-state index contributed by atoms with van der Waals surface area (Å²) in [5, 5.41) is 21.6. The highest BCUT2D eigenvalue weighted by molar-refractivity contribution is 6.11. The van der Waals surface area contributed by atoms with Crippen LogP contribution in [0.2, 0.25) is 0 Å². The van der Waals surface area contributed by atoms with Gasteiger partial charge in [-0.15, -0.1) is 13.2 Å². The molecule has 0 spiro atoms. The van der Waals surface area contributed by atoms with Crippen molar-refractivity contribution in [1.29, 1.82) is 0 Å². The Labute approximate surface area is 211 Å². The van der Waals surface area contributed by atoms with E-state index in [1.165, 1.54) is 6.07 Å². The van der Waals surface area contributed by atoms with E-state index in [-0.39, 0.29) is 5.56 Å². The van der Waals surface area contributed by atoms with Crippen LogP contribution in [-0.2, 0) is 10.2 Å². The van der Waals surface area contributed by atoms with Crippen molar-refractivity contribution >= 4 is 11.6 Å². The number of phenolic OH excluding ortho intramolecular Hbond substituents is 1. The Hall–Kier alpha value is -4.30. The molecule has 5 nitrogen and oxygen atoms in total. The summed E-state index contributed by atoms with van der Waals surface area (Å²) in [6.07, 6.45) is -4.95. The molecule has 1 unspecified atom stereocenters. The molecule has 0 fully saturated rings. The fourth-order valence-electron chi connectivity index (χ4n) is 5.06. The quantitative estimate of drug-likeness (QED) is 0.353. The van der Waals surface area contributed by atoms with Gasteiger partial charge < -0.3 is 14.9 Å². The Morgan fingerprint density at radius 2 is 1.38 bits per heavy atom. The highest BCUT2D eigenvalue weighted by atomic mass is 19.4. The zero-order valence-corrected chi connectivity index (χ0v) is 19.4. The van der Waals surface area contributed by atoms with Crippen LogP contribution in [0.3, 0.4) is 0 Å². The van der Waals surface area contributed by atoms with Crippen molar-refractivity contribution in [2.75, 3.05) is 11.5 Å². The first kappa shape index (κ1) is 24.4. The molecule has 0 radical (unpaired) electrons. The number of carbonyl (C=O) groups excluding carboxylic acids is 1. The minimum absolute atomic E-state index is 0.0238. The van der Waals surface area contributed by atoms with Crippen molar-refractivity contribution in [3.05, 3.63) is 125 Å².